The molecule has 5 heteroatoms. The Morgan fingerprint density at radius 3 is 2.86 bits per heavy atom. The maximum Gasteiger partial charge on any atom is 0.317 e. The van der Waals surface area contributed by atoms with Crippen LogP contribution in [-0.2, 0) is 9.53 Å². The van der Waals surface area contributed by atoms with Gasteiger partial charge in [0, 0.05) is 26.2 Å². The first-order valence-electron chi connectivity index (χ1n) is 7.84. The van der Waals surface area contributed by atoms with E-state index in [1.54, 1.807) is 4.90 Å². The Bertz CT molecular complexity index is 466. The van der Waals surface area contributed by atoms with Gasteiger partial charge in [-0.25, -0.2) is 0 Å². The zero-order valence-corrected chi connectivity index (χ0v) is 13.4. The van der Waals surface area contributed by atoms with Gasteiger partial charge >= 0.3 is 5.97 Å². The first-order chi connectivity index (χ1) is 10.5. The molecule has 0 amide bonds. The zero-order chi connectivity index (χ0) is 15.9. The summed E-state index contributed by atoms with van der Waals surface area (Å²) in [5.41, 5.74) is 1.36. The van der Waals surface area contributed by atoms with Crippen LogP contribution in [0.1, 0.15) is 18.4 Å². The number of carbonyl (C=O) groups is 1. The smallest absolute Gasteiger partial charge is 0.317 e. The number of hydrogen-bond donors (Lipinski definition) is 1. The fourth-order valence-corrected chi connectivity index (χ4v) is 2.97. The lowest BCUT2D eigenvalue weighted by Crippen LogP contribution is -2.48. The van der Waals surface area contributed by atoms with Gasteiger partial charge in [0.05, 0.1) is 19.3 Å². The fourth-order valence-electron chi connectivity index (χ4n) is 2.97. The van der Waals surface area contributed by atoms with Crippen LogP contribution in [0.4, 0.5) is 0 Å². The molecular formula is C17H26N2O3. The Morgan fingerprint density at radius 2 is 2.18 bits per heavy atom. The van der Waals surface area contributed by atoms with E-state index in [0.717, 1.165) is 19.6 Å². The maximum absolute atomic E-state index is 10.7. The summed E-state index contributed by atoms with van der Waals surface area (Å²) in [6.45, 7) is 6.48. The van der Waals surface area contributed by atoms with Gasteiger partial charge in [-0.2, -0.15) is 0 Å². The molecule has 1 N–H and O–H groups in total. The molecule has 1 aliphatic rings. The van der Waals surface area contributed by atoms with Gasteiger partial charge < -0.3 is 9.84 Å². The highest BCUT2D eigenvalue weighted by Gasteiger charge is 2.23. The lowest BCUT2D eigenvalue weighted by Gasteiger charge is -2.35. The zero-order valence-electron chi connectivity index (χ0n) is 13.4. The molecule has 0 bridgehead atoms. The van der Waals surface area contributed by atoms with E-state index in [4.69, 9.17) is 9.84 Å². The van der Waals surface area contributed by atoms with E-state index in [1.807, 2.05) is 13.1 Å². The average molecular weight is 306 g/mol. The molecule has 2 unspecified atom stereocenters. The van der Waals surface area contributed by atoms with Gasteiger partial charge in [0.1, 0.15) is 0 Å². The predicted octanol–water partition coefficient (Wildman–Crippen LogP) is 1.51. The van der Waals surface area contributed by atoms with Gasteiger partial charge in [-0.05, 0) is 18.5 Å². The van der Waals surface area contributed by atoms with Crippen molar-refractivity contribution in [3.05, 3.63) is 35.9 Å². The van der Waals surface area contributed by atoms with Crippen molar-refractivity contribution in [3.8, 4) is 0 Å². The molecule has 0 saturated carbocycles. The highest BCUT2D eigenvalue weighted by Crippen LogP contribution is 2.18. The molecule has 2 atom stereocenters. The lowest BCUT2D eigenvalue weighted by atomic mass is 10.0. The van der Waals surface area contributed by atoms with Gasteiger partial charge in [-0.1, -0.05) is 37.3 Å². The van der Waals surface area contributed by atoms with Crippen molar-refractivity contribution in [2.75, 3.05) is 46.4 Å². The number of aliphatic carboxylic acids is 1. The van der Waals surface area contributed by atoms with E-state index in [1.165, 1.54) is 5.56 Å². The maximum atomic E-state index is 10.7. The number of morpholine rings is 1. The molecule has 1 aromatic carbocycles. The first-order valence-corrected chi connectivity index (χ1v) is 7.84. The van der Waals surface area contributed by atoms with Crippen LogP contribution in [0.5, 0.6) is 0 Å². The standard InChI is InChI=1S/C17H26N2O3/c1-14(15-6-4-3-5-7-15)10-19-8-9-22-16(12-19)11-18(2)13-17(20)21/h3-7,14,16H,8-13H2,1-2H3,(H,20,21). The third-order valence-electron chi connectivity index (χ3n) is 4.04. The number of likely N-dealkylation sites (N-methyl/N-ethyl adjacent to an activating group) is 1. The largest absolute Gasteiger partial charge is 0.480 e. The lowest BCUT2D eigenvalue weighted by molar-refractivity contribution is -0.138. The number of ether oxygens (including phenoxy) is 1. The van der Waals surface area contributed by atoms with E-state index in [-0.39, 0.29) is 12.6 Å². The highest BCUT2D eigenvalue weighted by molar-refractivity contribution is 5.69. The minimum atomic E-state index is -0.798. The molecule has 0 spiro atoms. The molecular weight excluding hydrogens is 280 g/mol. The predicted molar refractivity (Wildman–Crippen MR) is 86.2 cm³/mol. The molecule has 1 heterocycles. The number of carboxylic acids is 1. The van der Waals surface area contributed by atoms with E-state index in [0.29, 0.717) is 19.1 Å². The molecule has 0 aliphatic carbocycles. The van der Waals surface area contributed by atoms with Crippen molar-refractivity contribution in [2.45, 2.75) is 18.9 Å². The normalized spacial score (nSPS) is 21.0. The Kier molecular flexibility index (Phi) is 6.36. The van der Waals surface area contributed by atoms with E-state index < -0.39 is 5.97 Å². The van der Waals surface area contributed by atoms with Gasteiger partial charge in [-0.15, -0.1) is 0 Å². The van der Waals surface area contributed by atoms with Crippen LogP contribution in [0.3, 0.4) is 0 Å². The van der Waals surface area contributed by atoms with Crippen LogP contribution in [0.2, 0.25) is 0 Å². The van der Waals surface area contributed by atoms with Crippen LogP contribution < -0.4 is 0 Å². The monoisotopic (exact) mass is 306 g/mol. The van der Waals surface area contributed by atoms with Crippen molar-refractivity contribution in [2.24, 2.45) is 0 Å². The van der Waals surface area contributed by atoms with Crippen molar-refractivity contribution >= 4 is 5.97 Å². The molecule has 0 radical (unpaired) electrons. The Hall–Kier alpha value is -1.43. The second kappa shape index (κ2) is 8.27. The van der Waals surface area contributed by atoms with Crippen LogP contribution in [0.25, 0.3) is 0 Å². The van der Waals surface area contributed by atoms with E-state index in [9.17, 15) is 4.79 Å². The molecule has 22 heavy (non-hydrogen) atoms. The molecule has 1 saturated heterocycles. The van der Waals surface area contributed by atoms with Crippen molar-refractivity contribution in [1.82, 2.24) is 9.80 Å². The Labute approximate surface area is 132 Å². The number of carboxylic acid groups (broad SMARTS) is 1. The Balaban J connectivity index is 1.81. The topological polar surface area (TPSA) is 53.0 Å². The summed E-state index contributed by atoms with van der Waals surface area (Å²) in [5, 5.41) is 8.82. The van der Waals surface area contributed by atoms with Gasteiger partial charge in [0.2, 0.25) is 0 Å². The molecule has 1 aliphatic heterocycles. The summed E-state index contributed by atoms with van der Waals surface area (Å²) in [5.74, 6) is -0.315. The molecule has 1 fully saturated rings. The SMILES string of the molecule is CC(CN1CCOC(CN(C)CC(=O)O)C1)c1ccccc1. The van der Waals surface area contributed by atoms with Crippen LogP contribution >= 0.6 is 0 Å². The van der Waals surface area contributed by atoms with Gasteiger partial charge in [0.25, 0.3) is 0 Å². The first kappa shape index (κ1) is 16.9. The van der Waals surface area contributed by atoms with Crippen molar-refractivity contribution in [1.29, 1.82) is 0 Å². The van der Waals surface area contributed by atoms with Crippen LogP contribution in [0, 0.1) is 0 Å². The number of benzene rings is 1. The second-order valence-electron chi connectivity index (χ2n) is 6.15. The summed E-state index contributed by atoms with van der Waals surface area (Å²) in [6.07, 6.45) is 0.0843. The van der Waals surface area contributed by atoms with Crippen molar-refractivity contribution < 1.29 is 14.6 Å². The molecule has 1 aromatic rings. The van der Waals surface area contributed by atoms with Crippen LogP contribution in [-0.4, -0.2) is 73.4 Å². The second-order valence-corrected chi connectivity index (χ2v) is 6.15. The van der Waals surface area contributed by atoms with Crippen LogP contribution in [0.15, 0.2) is 30.3 Å². The molecule has 122 valence electrons. The molecule has 2 rings (SSSR count). The van der Waals surface area contributed by atoms with E-state index >= 15 is 0 Å². The summed E-state index contributed by atoms with van der Waals surface area (Å²) >= 11 is 0. The highest BCUT2D eigenvalue weighted by atomic mass is 16.5. The average Bonchev–Trinajstić information content (AvgIpc) is 2.47. The molecule has 5 nitrogen and oxygen atoms in total. The minimum absolute atomic E-state index is 0.0558. The van der Waals surface area contributed by atoms with Gasteiger partial charge in [-0.3, -0.25) is 14.6 Å². The van der Waals surface area contributed by atoms with E-state index in [2.05, 4.69) is 36.1 Å². The summed E-state index contributed by atoms with van der Waals surface area (Å²) in [6, 6.07) is 10.5. The number of rotatable bonds is 7. The summed E-state index contributed by atoms with van der Waals surface area (Å²) < 4.78 is 5.77. The van der Waals surface area contributed by atoms with Gasteiger partial charge in [0.15, 0.2) is 0 Å². The third kappa shape index (κ3) is 5.40. The number of hydrogen-bond acceptors (Lipinski definition) is 4. The number of nitrogens with zero attached hydrogens (tertiary/aromatic N) is 2. The fraction of sp³-hybridized carbons (Fsp3) is 0.588. The quantitative estimate of drug-likeness (QED) is 0.827. The summed E-state index contributed by atoms with van der Waals surface area (Å²) in [4.78, 5) is 14.9. The summed E-state index contributed by atoms with van der Waals surface area (Å²) in [7, 11) is 1.82. The Morgan fingerprint density at radius 1 is 1.45 bits per heavy atom. The molecule has 0 aromatic heterocycles. The third-order valence-corrected chi connectivity index (χ3v) is 4.04. The minimum Gasteiger partial charge on any atom is -0.480 e. The van der Waals surface area contributed by atoms with Crippen molar-refractivity contribution in [3.63, 3.8) is 0 Å².